The third-order valence-electron chi connectivity index (χ3n) is 11.0. The summed E-state index contributed by atoms with van der Waals surface area (Å²) >= 11 is 6.12. The number of benzene rings is 3. The number of fused-ring (bicyclic) bond motifs is 2. The van der Waals surface area contributed by atoms with E-state index in [1.165, 1.54) is 11.1 Å². The molecule has 262 valence electrons. The van der Waals surface area contributed by atoms with Crippen molar-refractivity contribution in [2.75, 3.05) is 24.5 Å². The van der Waals surface area contributed by atoms with Gasteiger partial charge < -0.3 is 19.9 Å². The Morgan fingerprint density at radius 3 is 2.39 bits per heavy atom. The lowest BCUT2D eigenvalue weighted by Crippen LogP contribution is -2.52. The van der Waals surface area contributed by atoms with Crippen LogP contribution < -0.4 is 20.3 Å². The first-order chi connectivity index (χ1) is 24.7. The molecule has 8 rings (SSSR count). The van der Waals surface area contributed by atoms with Gasteiger partial charge in [-0.3, -0.25) is 29.4 Å². The molecule has 3 aromatic rings. The lowest BCUT2D eigenvalue weighted by atomic mass is 9.89. The van der Waals surface area contributed by atoms with Gasteiger partial charge in [0, 0.05) is 81.4 Å². The molecular weight excluding hydrogens is 668 g/mol. The highest BCUT2D eigenvalue weighted by Gasteiger charge is 2.40. The molecule has 3 aromatic carbocycles. The van der Waals surface area contributed by atoms with E-state index in [4.69, 9.17) is 22.9 Å². The van der Waals surface area contributed by atoms with Crippen LogP contribution in [0.1, 0.15) is 75.9 Å². The topological polar surface area (TPSA) is 116 Å². The van der Waals surface area contributed by atoms with Crippen molar-refractivity contribution in [1.82, 2.24) is 20.4 Å². The SMILES string of the molecule is [C-]#[N+]c1ccc(OC2CC(NC(=O)c3ccc(N4CCC(CN5Cc6cc7c(cc6C5)C(=O)N(C5CCC(=O)NC5=O)C7)CC4)cc3)C2)cc1Cl. The number of carbonyl (C=O) groups excluding carboxylic acids is 4. The molecule has 3 fully saturated rings. The number of amides is 4. The van der Waals surface area contributed by atoms with Crippen LogP contribution in [0.2, 0.25) is 5.02 Å². The zero-order chi connectivity index (χ0) is 35.2. The van der Waals surface area contributed by atoms with Gasteiger partial charge in [-0.2, -0.15) is 0 Å². The van der Waals surface area contributed by atoms with Crippen molar-refractivity contribution >= 4 is 46.6 Å². The number of rotatable bonds is 8. The minimum Gasteiger partial charge on any atom is -0.490 e. The van der Waals surface area contributed by atoms with Crippen molar-refractivity contribution in [2.45, 2.75) is 76.3 Å². The number of hydrogen-bond acceptors (Lipinski definition) is 7. The quantitative estimate of drug-likeness (QED) is 0.244. The Balaban J connectivity index is 0.774. The van der Waals surface area contributed by atoms with E-state index in [0.29, 0.717) is 46.5 Å². The highest BCUT2D eigenvalue weighted by atomic mass is 35.5. The maximum Gasteiger partial charge on any atom is 0.255 e. The van der Waals surface area contributed by atoms with Crippen LogP contribution >= 0.6 is 11.6 Å². The lowest BCUT2D eigenvalue weighted by molar-refractivity contribution is -0.136. The van der Waals surface area contributed by atoms with E-state index < -0.39 is 6.04 Å². The average molecular weight is 707 g/mol. The number of nitrogens with one attached hydrogen (secondary N) is 2. The van der Waals surface area contributed by atoms with Crippen LogP contribution in [0.5, 0.6) is 5.75 Å². The molecule has 4 heterocycles. The molecule has 2 N–H and O–H groups in total. The van der Waals surface area contributed by atoms with Crippen LogP contribution in [0.3, 0.4) is 0 Å². The number of ether oxygens (including phenoxy) is 1. The summed E-state index contributed by atoms with van der Waals surface area (Å²) in [5.41, 5.74) is 6.27. The van der Waals surface area contributed by atoms with Crippen molar-refractivity contribution in [2.24, 2.45) is 5.92 Å². The first-order valence-corrected chi connectivity index (χ1v) is 18.1. The summed E-state index contributed by atoms with van der Waals surface area (Å²) in [5, 5.41) is 5.86. The fraction of sp³-hybridized carbons (Fsp3) is 0.410. The van der Waals surface area contributed by atoms with E-state index in [-0.39, 0.29) is 42.2 Å². The summed E-state index contributed by atoms with van der Waals surface area (Å²) < 4.78 is 5.96. The van der Waals surface area contributed by atoms with Crippen molar-refractivity contribution in [3.63, 3.8) is 0 Å². The molecule has 0 bridgehead atoms. The Bertz CT molecular complexity index is 1950. The molecule has 1 unspecified atom stereocenters. The molecule has 1 atom stereocenters. The number of imide groups is 1. The van der Waals surface area contributed by atoms with Crippen molar-refractivity contribution in [3.05, 3.63) is 98.9 Å². The van der Waals surface area contributed by atoms with E-state index in [2.05, 4.69) is 31.3 Å². The molecule has 4 amide bonds. The Morgan fingerprint density at radius 1 is 0.941 bits per heavy atom. The molecule has 0 aromatic heterocycles. The summed E-state index contributed by atoms with van der Waals surface area (Å²) in [6.45, 7) is 12.1. The number of piperidine rings is 2. The van der Waals surface area contributed by atoms with Gasteiger partial charge in [0.05, 0.1) is 11.6 Å². The van der Waals surface area contributed by atoms with Gasteiger partial charge in [-0.25, -0.2) is 4.85 Å². The zero-order valence-electron chi connectivity index (χ0n) is 28.2. The molecule has 0 radical (unpaired) electrons. The molecule has 12 heteroatoms. The Labute approximate surface area is 301 Å². The van der Waals surface area contributed by atoms with Crippen molar-refractivity contribution in [1.29, 1.82) is 0 Å². The Hall–Kier alpha value is -4.92. The molecule has 11 nitrogen and oxygen atoms in total. The van der Waals surface area contributed by atoms with Gasteiger partial charge in [0.1, 0.15) is 17.9 Å². The molecule has 2 saturated heterocycles. The normalized spacial score (nSPS) is 23.3. The van der Waals surface area contributed by atoms with E-state index in [1.54, 1.807) is 23.1 Å². The summed E-state index contributed by atoms with van der Waals surface area (Å²) in [7, 11) is 0. The van der Waals surface area contributed by atoms with Crippen LogP contribution in [-0.4, -0.2) is 71.3 Å². The minimum absolute atomic E-state index is 0.00242. The van der Waals surface area contributed by atoms with Crippen molar-refractivity contribution in [3.8, 4) is 5.75 Å². The van der Waals surface area contributed by atoms with Gasteiger partial charge in [0.25, 0.3) is 11.8 Å². The highest BCUT2D eigenvalue weighted by molar-refractivity contribution is 6.33. The van der Waals surface area contributed by atoms with Gasteiger partial charge in [-0.15, -0.1) is 0 Å². The summed E-state index contributed by atoms with van der Waals surface area (Å²) in [5.74, 6) is 0.364. The molecule has 51 heavy (non-hydrogen) atoms. The summed E-state index contributed by atoms with van der Waals surface area (Å²) in [6, 6.07) is 16.6. The third kappa shape index (κ3) is 6.78. The molecular formula is C39H39ClN6O5. The van der Waals surface area contributed by atoms with Crippen LogP contribution in [-0.2, 0) is 29.2 Å². The molecule has 5 aliphatic rings. The molecule has 4 aliphatic heterocycles. The fourth-order valence-electron chi connectivity index (χ4n) is 8.13. The average Bonchev–Trinajstić information content (AvgIpc) is 3.65. The largest absolute Gasteiger partial charge is 0.490 e. The standard InChI is InChI=1S/C39H39ClN6O5/c1-41-34-7-6-30(18-33(34)40)51-31-16-28(17-31)42-37(48)24-2-4-29(5-3-24)45-12-10-23(11-13-45)19-44-20-25-14-27-22-46(35-8-9-36(47)43-38(35)49)39(50)32(27)15-26(25)21-44/h2-7,14-15,18,23,28,31,35H,8-13,16-17,19-22H2,(H,42,48)(H,43,47,49). The first kappa shape index (κ1) is 33.2. The van der Waals surface area contributed by atoms with E-state index in [1.807, 2.05) is 30.3 Å². The lowest BCUT2D eigenvalue weighted by Gasteiger charge is -2.36. The van der Waals surface area contributed by atoms with Crippen LogP contribution in [0.25, 0.3) is 4.85 Å². The number of anilines is 1. The first-order valence-electron chi connectivity index (χ1n) is 17.7. The van der Waals surface area contributed by atoms with E-state index in [0.717, 1.165) is 69.7 Å². The van der Waals surface area contributed by atoms with Gasteiger partial charge in [-0.05, 0) is 84.3 Å². The van der Waals surface area contributed by atoms with Crippen LogP contribution in [0.4, 0.5) is 11.4 Å². The second-order valence-electron chi connectivity index (χ2n) is 14.4. The third-order valence-corrected chi connectivity index (χ3v) is 11.3. The molecule has 1 aliphatic carbocycles. The van der Waals surface area contributed by atoms with Crippen LogP contribution in [0.15, 0.2) is 54.6 Å². The van der Waals surface area contributed by atoms with Gasteiger partial charge in [-0.1, -0.05) is 23.7 Å². The number of nitrogens with zero attached hydrogens (tertiary/aromatic N) is 4. The number of hydrogen-bond donors (Lipinski definition) is 2. The second-order valence-corrected chi connectivity index (χ2v) is 14.8. The van der Waals surface area contributed by atoms with Gasteiger partial charge in [0.15, 0.2) is 0 Å². The molecule has 1 saturated carbocycles. The highest BCUT2D eigenvalue weighted by Crippen LogP contribution is 2.35. The van der Waals surface area contributed by atoms with E-state index in [9.17, 15) is 19.2 Å². The smallest absolute Gasteiger partial charge is 0.255 e. The summed E-state index contributed by atoms with van der Waals surface area (Å²) in [6.07, 6.45) is 4.25. The second kappa shape index (κ2) is 13.7. The Kier molecular flexibility index (Phi) is 8.90. The zero-order valence-corrected chi connectivity index (χ0v) is 29.0. The maximum absolute atomic E-state index is 13.3. The Morgan fingerprint density at radius 2 is 1.69 bits per heavy atom. The minimum atomic E-state index is -0.589. The maximum atomic E-state index is 13.3. The van der Waals surface area contributed by atoms with Gasteiger partial charge >= 0.3 is 0 Å². The summed E-state index contributed by atoms with van der Waals surface area (Å²) in [4.78, 5) is 60.1. The van der Waals surface area contributed by atoms with Crippen LogP contribution in [0, 0.1) is 12.5 Å². The van der Waals surface area contributed by atoms with Gasteiger partial charge in [0.2, 0.25) is 17.5 Å². The predicted octanol–water partition coefficient (Wildman–Crippen LogP) is 5.22. The monoisotopic (exact) mass is 706 g/mol. The number of carbonyl (C=O) groups is 4. The van der Waals surface area contributed by atoms with Crippen molar-refractivity contribution < 1.29 is 23.9 Å². The fourth-order valence-corrected chi connectivity index (χ4v) is 8.34. The van der Waals surface area contributed by atoms with E-state index >= 15 is 0 Å². The number of halogens is 1. The molecule has 0 spiro atoms. The predicted molar refractivity (Wildman–Crippen MR) is 191 cm³/mol.